The number of benzene rings is 2. The second kappa shape index (κ2) is 23.7. The van der Waals surface area contributed by atoms with E-state index in [1.54, 1.807) is 54.6 Å². The topological polar surface area (TPSA) is 255 Å². The summed E-state index contributed by atoms with van der Waals surface area (Å²) in [7, 11) is 1.50. The Morgan fingerprint density at radius 2 is 1.47 bits per heavy atom. The summed E-state index contributed by atoms with van der Waals surface area (Å²) in [5.41, 5.74) is 10.6. The predicted molar refractivity (Wildman–Crippen MR) is 252 cm³/mol. The number of carbonyl (C=O) groups is 2. The van der Waals surface area contributed by atoms with Crippen molar-refractivity contribution < 1.29 is 21.9 Å². The third kappa shape index (κ3) is 12.1. The van der Waals surface area contributed by atoms with Crippen LogP contribution in [0.1, 0.15) is 109 Å². The van der Waals surface area contributed by atoms with Gasteiger partial charge in [0.2, 0.25) is 5.78 Å². The van der Waals surface area contributed by atoms with Crippen molar-refractivity contribution >= 4 is 41.9 Å². The zero-order chi connectivity index (χ0) is 46.0. The van der Waals surface area contributed by atoms with E-state index in [1.807, 2.05) is 44.3 Å². The summed E-state index contributed by atoms with van der Waals surface area (Å²) in [6, 6.07) is 26.7. The smallest absolute Gasteiger partial charge is 0.260 e. The van der Waals surface area contributed by atoms with Crippen LogP contribution in [-0.2, 0) is 11.3 Å². The van der Waals surface area contributed by atoms with E-state index in [-0.39, 0.29) is 26.0 Å². The van der Waals surface area contributed by atoms with Crippen LogP contribution in [0.3, 0.4) is 0 Å². The minimum absolute atomic E-state index is 0. The highest BCUT2D eigenvalue weighted by atomic mass is 16.5. The zero-order valence-corrected chi connectivity index (χ0v) is 36.4. The number of amides is 1. The van der Waals surface area contributed by atoms with Gasteiger partial charge < -0.3 is 30.3 Å². The summed E-state index contributed by atoms with van der Waals surface area (Å²) in [5.74, 6) is 0.794. The van der Waals surface area contributed by atoms with Gasteiger partial charge in [-0.25, -0.2) is 9.97 Å². The van der Waals surface area contributed by atoms with Gasteiger partial charge in [-0.2, -0.15) is 5.26 Å². The Kier molecular flexibility index (Phi) is 17.6. The van der Waals surface area contributed by atoms with Crippen molar-refractivity contribution in [2.24, 2.45) is 5.73 Å². The Balaban J connectivity index is 0.000000322. The minimum atomic E-state index is -0.411. The number of aromatic nitrogens is 3. The van der Waals surface area contributed by atoms with Crippen molar-refractivity contribution in [3.63, 3.8) is 0 Å². The van der Waals surface area contributed by atoms with E-state index in [2.05, 4.69) is 38.1 Å². The highest BCUT2D eigenvalue weighted by Crippen LogP contribution is 2.39. The van der Waals surface area contributed by atoms with Crippen LogP contribution in [0.4, 0.5) is 5.82 Å². The molecule has 5 heterocycles. The molecule has 2 aliphatic heterocycles. The number of anilines is 1. The number of carbonyl (C=O) groups excluding carboxylic acids is 2. The molecule has 334 valence electrons. The van der Waals surface area contributed by atoms with Gasteiger partial charge in [-0.1, -0.05) is 44.2 Å². The first-order chi connectivity index (χ1) is 31.3. The largest absolute Gasteiger partial charge is 0.493 e. The number of ether oxygens (including phenoxy) is 2. The number of fused-ring (bicyclic) bond motifs is 6. The van der Waals surface area contributed by atoms with Gasteiger partial charge in [0.05, 0.1) is 43.1 Å². The summed E-state index contributed by atoms with van der Waals surface area (Å²) in [6.07, 6.45) is 8.51. The highest BCUT2D eigenvalue weighted by Gasteiger charge is 2.25. The molecule has 64 heavy (non-hydrogen) atoms. The molecule has 0 atom stereocenters. The fourth-order valence-corrected chi connectivity index (χ4v) is 6.70. The van der Waals surface area contributed by atoms with Gasteiger partial charge in [0.15, 0.2) is 11.7 Å². The van der Waals surface area contributed by atoms with Crippen LogP contribution < -0.4 is 15.8 Å². The van der Waals surface area contributed by atoms with Gasteiger partial charge in [-0.05, 0) is 105 Å². The summed E-state index contributed by atoms with van der Waals surface area (Å²) in [4.78, 5) is 42.6. The molecular weight excluding hydrogens is 809 g/mol. The van der Waals surface area contributed by atoms with Gasteiger partial charge in [0.1, 0.15) is 28.6 Å². The molecule has 16 nitrogen and oxygen atoms in total. The lowest BCUT2D eigenvalue weighted by atomic mass is 9.96. The van der Waals surface area contributed by atoms with Crippen molar-refractivity contribution in [2.75, 3.05) is 38.7 Å². The van der Waals surface area contributed by atoms with E-state index in [9.17, 15) is 9.59 Å². The van der Waals surface area contributed by atoms with E-state index in [4.69, 9.17) is 36.4 Å². The van der Waals surface area contributed by atoms with Crippen LogP contribution in [0.2, 0.25) is 0 Å². The molecular formula is C48H58N12O4. The maximum Gasteiger partial charge on any atom is 0.260 e. The average molecular weight is 867 g/mol. The first-order valence-corrected chi connectivity index (χ1v) is 21.2. The molecule has 1 fully saturated rings. The number of pyridine rings is 3. The fraction of sp³-hybridized carbons (Fsp3) is 0.292. The fourth-order valence-electron chi connectivity index (χ4n) is 6.70. The molecule has 8 rings (SSSR count). The van der Waals surface area contributed by atoms with E-state index in [1.165, 1.54) is 29.7 Å². The number of rotatable bonds is 4. The van der Waals surface area contributed by atoms with E-state index < -0.39 is 5.91 Å². The molecule has 0 spiro atoms. The van der Waals surface area contributed by atoms with Gasteiger partial charge in [0.25, 0.3) is 5.91 Å². The van der Waals surface area contributed by atoms with Crippen LogP contribution in [0.5, 0.6) is 5.75 Å². The number of nitrogens with two attached hydrogens (primary N) is 1. The molecule has 1 aliphatic carbocycles. The quantitative estimate of drug-likeness (QED) is 0.0743. The zero-order valence-electron chi connectivity index (χ0n) is 36.4. The number of nitrogens with zero attached hydrogens (tertiary/aromatic N) is 6. The van der Waals surface area contributed by atoms with Gasteiger partial charge in [-0.3, -0.25) is 36.2 Å². The SMILES string of the molecule is CC.CN.N#Cc1ccc2c(c1)OCCCCN(C=N)C(=N)c1cccc(n1)NC2=O.N=CN1CCCOCc2ccc(-c3ccc(C4CC4)nc3)cc2C(=O)c2cccc(n2)C1=N.[HH].[HH]. The molecule has 1 saturated carbocycles. The molecule has 7 N–H and O–H groups in total. The van der Waals surface area contributed by atoms with Gasteiger partial charge in [0, 0.05) is 51.5 Å². The third-order valence-corrected chi connectivity index (χ3v) is 10.2. The summed E-state index contributed by atoms with van der Waals surface area (Å²) >= 11 is 0. The lowest BCUT2D eigenvalue weighted by Gasteiger charge is -2.20. The first kappa shape index (κ1) is 47.6. The van der Waals surface area contributed by atoms with Crippen LogP contribution >= 0.6 is 0 Å². The van der Waals surface area contributed by atoms with E-state index in [0.717, 1.165) is 35.1 Å². The molecule has 3 aromatic heterocycles. The van der Waals surface area contributed by atoms with Crippen LogP contribution in [-0.4, -0.2) is 94.1 Å². The Labute approximate surface area is 376 Å². The van der Waals surface area contributed by atoms with Crippen molar-refractivity contribution in [3.8, 4) is 22.9 Å². The number of ketones is 1. The van der Waals surface area contributed by atoms with Crippen LogP contribution in [0.25, 0.3) is 11.1 Å². The molecule has 3 aliphatic rings. The van der Waals surface area contributed by atoms with Crippen molar-refractivity contribution in [3.05, 3.63) is 136 Å². The third-order valence-electron chi connectivity index (χ3n) is 10.2. The number of hydrogen-bond acceptors (Lipinski definition) is 13. The average Bonchev–Trinajstić information content (AvgIpc) is 4.20. The standard InChI is InChI=1S/C26H25N5O2.C19H18N6O2.C2H6.CH5N.2H2/c27-16-31-11-2-12-33-15-20-8-7-18(19-9-10-22(29-14-19)17-5-6-17)13-21(20)25(32)23-3-1-4-24(30-23)26(31)28;20-11-13-6-7-14-16(10-13)27-9-2-1-8-25(12-21)18(22)15-4-3-5-17(23-15)24-19(14)26;2*1-2;;/h1,3-4,7-10,13-14,16-17,27-28H,2,5-6,11-12,15H2;3-7,10,12,21-22H,1-2,8-9H2,(H,23,24,26);1-2H3;2H2,1H3;2*1H. The molecule has 1 amide bonds. The molecule has 2 aromatic carbocycles. The molecule has 0 unspecified atom stereocenters. The summed E-state index contributed by atoms with van der Waals surface area (Å²) in [5, 5.41) is 43.7. The summed E-state index contributed by atoms with van der Waals surface area (Å²) < 4.78 is 11.6. The number of nitriles is 1. The van der Waals surface area contributed by atoms with Crippen molar-refractivity contribution in [1.82, 2.24) is 24.8 Å². The molecule has 4 bridgehead atoms. The van der Waals surface area contributed by atoms with E-state index >= 15 is 0 Å². The first-order valence-electron chi connectivity index (χ1n) is 21.2. The molecule has 0 saturated heterocycles. The van der Waals surface area contributed by atoms with Crippen molar-refractivity contribution in [2.45, 2.75) is 58.5 Å². The second-order valence-electron chi connectivity index (χ2n) is 14.3. The molecule has 0 radical (unpaired) electrons. The predicted octanol–water partition coefficient (Wildman–Crippen LogP) is 8.11. The van der Waals surface area contributed by atoms with Gasteiger partial charge >= 0.3 is 0 Å². The van der Waals surface area contributed by atoms with Crippen LogP contribution in [0.15, 0.2) is 91.1 Å². The number of amidine groups is 2. The number of nitrogens with one attached hydrogen (secondary N) is 5. The molecule has 5 aromatic rings. The Morgan fingerprint density at radius 3 is 2.14 bits per heavy atom. The van der Waals surface area contributed by atoms with Gasteiger partial charge in [-0.15, -0.1) is 0 Å². The Hall–Kier alpha value is -7.48. The maximum absolute atomic E-state index is 13.5. The monoisotopic (exact) mass is 866 g/mol. The summed E-state index contributed by atoms with van der Waals surface area (Å²) in [6.45, 7) is 6.08. The highest BCUT2D eigenvalue weighted by molar-refractivity contribution is 6.10. The maximum atomic E-state index is 13.5. The van der Waals surface area contributed by atoms with E-state index in [0.29, 0.717) is 97.7 Å². The van der Waals surface area contributed by atoms with Crippen LogP contribution in [0, 0.1) is 33.0 Å². The van der Waals surface area contributed by atoms with Crippen molar-refractivity contribution in [1.29, 1.82) is 26.9 Å². The number of hydrogen-bond donors (Lipinski definition) is 6. The minimum Gasteiger partial charge on any atom is -0.493 e. The Morgan fingerprint density at radius 1 is 0.797 bits per heavy atom. The lowest BCUT2D eigenvalue weighted by Crippen LogP contribution is -2.31. The molecule has 16 heteroatoms. The normalized spacial score (nSPS) is 15.2. The lowest BCUT2D eigenvalue weighted by molar-refractivity contribution is 0.101. The second-order valence-corrected chi connectivity index (χ2v) is 14.3. The Bertz CT molecular complexity index is 2510.